The second-order valence-corrected chi connectivity index (χ2v) is 12.1. The molecule has 13 heteroatoms. The number of benzene rings is 1. The summed E-state index contributed by atoms with van der Waals surface area (Å²) in [5.41, 5.74) is -0.0533. The number of fused-ring (bicyclic) bond motifs is 3. The van der Waals surface area contributed by atoms with Crippen molar-refractivity contribution in [3.05, 3.63) is 58.0 Å². The molecule has 1 aromatic carbocycles. The summed E-state index contributed by atoms with van der Waals surface area (Å²) in [5, 5.41) is 10.7. The molecule has 3 aromatic rings. The largest absolute Gasteiger partial charge is 0.352 e. The molecule has 4 atom stereocenters. The quantitative estimate of drug-likeness (QED) is 0.229. The summed E-state index contributed by atoms with van der Waals surface area (Å²) in [6.45, 7) is 1.74. The lowest BCUT2D eigenvalue weighted by molar-refractivity contribution is -0.138. The van der Waals surface area contributed by atoms with Crippen LogP contribution in [0.2, 0.25) is 0 Å². The number of carbonyl (C=O) groups excluding carboxylic acids is 5. The Morgan fingerprint density at radius 2 is 1.88 bits per heavy atom. The van der Waals surface area contributed by atoms with E-state index in [9.17, 15) is 28.8 Å². The van der Waals surface area contributed by atoms with E-state index in [2.05, 4.69) is 26.3 Å². The topological polar surface area (TPSA) is 168 Å². The number of nitrogens with zero attached hydrogens (tertiary/aromatic N) is 2. The molecule has 2 heterocycles. The van der Waals surface area contributed by atoms with E-state index in [1.165, 1.54) is 29.3 Å². The number of carbonyl (C=O) groups is 5. The van der Waals surface area contributed by atoms with E-state index in [1.54, 1.807) is 19.1 Å². The molecule has 2 bridgehead atoms. The molecule has 0 saturated heterocycles. The van der Waals surface area contributed by atoms with E-state index in [1.807, 2.05) is 12.1 Å². The molecule has 226 valence electrons. The summed E-state index contributed by atoms with van der Waals surface area (Å²) in [6.07, 6.45) is 5.39. The number of thiazole rings is 1. The zero-order valence-corrected chi connectivity index (χ0v) is 24.6. The molecular formula is C30H34N6O6S. The molecule has 3 unspecified atom stereocenters. The first kappa shape index (κ1) is 30.1. The third kappa shape index (κ3) is 7.16. The van der Waals surface area contributed by atoms with Gasteiger partial charge in [-0.25, -0.2) is 4.98 Å². The lowest BCUT2D eigenvalue weighted by Crippen LogP contribution is -2.45. The van der Waals surface area contributed by atoms with Crippen LogP contribution in [0.1, 0.15) is 55.3 Å². The molecule has 12 nitrogen and oxygen atoms in total. The number of aromatic nitrogens is 2. The second kappa shape index (κ2) is 13.3. The normalized spacial score (nSPS) is 19.5. The van der Waals surface area contributed by atoms with Crippen molar-refractivity contribution in [3.8, 4) is 0 Å². The van der Waals surface area contributed by atoms with Crippen molar-refractivity contribution in [2.75, 3.05) is 11.9 Å². The SMILES string of the molecule is CCNC(=O)C(=O)CC[C@H](NC(=O)c1nc2ccccc2s1)C(=O)Nc1cccn(CC(=O)NC2CC3CCC2C3)c1=O. The lowest BCUT2D eigenvalue weighted by Gasteiger charge is -2.23. The molecule has 0 aliphatic heterocycles. The molecule has 0 radical (unpaired) electrons. The van der Waals surface area contributed by atoms with Crippen LogP contribution in [0.4, 0.5) is 5.69 Å². The number of hydrogen-bond donors (Lipinski definition) is 4. The van der Waals surface area contributed by atoms with Gasteiger partial charge >= 0.3 is 0 Å². The van der Waals surface area contributed by atoms with Gasteiger partial charge in [-0.2, -0.15) is 0 Å². The molecule has 43 heavy (non-hydrogen) atoms. The summed E-state index contributed by atoms with van der Waals surface area (Å²) < 4.78 is 2.00. The van der Waals surface area contributed by atoms with E-state index < -0.39 is 35.1 Å². The average Bonchev–Trinajstić information content (AvgIpc) is 3.73. The van der Waals surface area contributed by atoms with Gasteiger partial charge in [0.1, 0.15) is 18.3 Å². The Balaban J connectivity index is 1.27. The molecule has 2 fully saturated rings. The Morgan fingerprint density at radius 3 is 2.60 bits per heavy atom. The average molecular weight is 607 g/mol. The van der Waals surface area contributed by atoms with Crippen LogP contribution in [0.25, 0.3) is 10.2 Å². The first-order chi connectivity index (χ1) is 20.7. The van der Waals surface area contributed by atoms with Crippen molar-refractivity contribution in [3.63, 3.8) is 0 Å². The van der Waals surface area contributed by atoms with Gasteiger partial charge in [0.2, 0.25) is 17.6 Å². The smallest absolute Gasteiger partial charge is 0.287 e. The van der Waals surface area contributed by atoms with Gasteiger partial charge in [0.25, 0.3) is 17.4 Å². The Morgan fingerprint density at radius 1 is 1.07 bits per heavy atom. The number of rotatable bonds is 12. The van der Waals surface area contributed by atoms with Crippen molar-refractivity contribution >= 4 is 56.7 Å². The minimum atomic E-state index is -1.26. The van der Waals surface area contributed by atoms with Crippen LogP contribution >= 0.6 is 11.3 Å². The van der Waals surface area contributed by atoms with Gasteiger partial charge in [-0.1, -0.05) is 18.6 Å². The number of para-hydroxylation sites is 1. The third-order valence-electron chi connectivity index (χ3n) is 8.04. The zero-order chi connectivity index (χ0) is 30.5. The number of amides is 4. The maximum Gasteiger partial charge on any atom is 0.287 e. The van der Waals surface area contributed by atoms with E-state index in [0.29, 0.717) is 17.4 Å². The van der Waals surface area contributed by atoms with Gasteiger partial charge in [0.15, 0.2) is 5.01 Å². The van der Waals surface area contributed by atoms with Crippen molar-refractivity contribution in [1.29, 1.82) is 0 Å². The fourth-order valence-electron chi connectivity index (χ4n) is 5.91. The second-order valence-electron chi connectivity index (χ2n) is 11.0. The van der Waals surface area contributed by atoms with E-state index in [-0.39, 0.29) is 48.6 Å². The first-order valence-electron chi connectivity index (χ1n) is 14.5. The highest BCUT2D eigenvalue weighted by molar-refractivity contribution is 7.20. The fraction of sp³-hybridized carbons (Fsp3) is 0.433. The highest BCUT2D eigenvalue weighted by Crippen LogP contribution is 2.44. The molecule has 4 amide bonds. The number of Topliss-reactive ketones (excluding diaryl/α,β-unsaturated/α-hetero) is 1. The number of likely N-dealkylation sites (N-methyl/N-ethyl adjacent to an activating group) is 1. The van der Waals surface area contributed by atoms with Crippen LogP contribution < -0.4 is 26.8 Å². The van der Waals surface area contributed by atoms with Crippen molar-refractivity contribution in [1.82, 2.24) is 25.5 Å². The Bertz CT molecular complexity index is 1580. The summed E-state index contributed by atoms with van der Waals surface area (Å²) in [4.78, 5) is 80.9. The predicted molar refractivity (Wildman–Crippen MR) is 161 cm³/mol. The summed E-state index contributed by atoms with van der Waals surface area (Å²) in [5.74, 6) is -2.02. The van der Waals surface area contributed by atoms with Crippen LogP contribution in [0.5, 0.6) is 0 Å². The summed E-state index contributed by atoms with van der Waals surface area (Å²) >= 11 is 1.15. The van der Waals surface area contributed by atoms with E-state index in [0.717, 1.165) is 35.3 Å². The minimum Gasteiger partial charge on any atom is -0.352 e. The van der Waals surface area contributed by atoms with Crippen LogP contribution in [0, 0.1) is 11.8 Å². The Kier molecular flexibility index (Phi) is 9.29. The first-order valence-corrected chi connectivity index (χ1v) is 15.3. The number of hydrogen-bond acceptors (Lipinski definition) is 8. The molecule has 2 aliphatic rings. The van der Waals surface area contributed by atoms with Crippen LogP contribution in [0.3, 0.4) is 0 Å². The van der Waals surface area contributed by atoms with Crippen LogP contribution in [-0.4, -0.2) is 57.6 Å². The van der Waals surface area contributed by atoms with Gasteiger partial charge in [-0.15, -0.1) is 11.3 Å². The maximum atomic E-state index is 13.4. The standard InChI is InChI=1S/C30H34N6O6S/c1-2-31-27(40)23(37)12-11-20(33-28(41)29-35-19-6-3-4-8-24(19)43-29)26(39)34-21-7-5-13-36(30(21)42)16-25(38)32-22-15-17-9-10-18(22)14-17/h3-8,13,17-18,20,22H,2,9-12,14-16H2,1H3,(H,31,40)(H,32,38)(H,33,41)(H,34,39)/t17?,18?,20-,22?/m0/s1. The highest BCUT2D eigenvalue weighted by atomic mass is 32.1. The Hall–Kier alpha value is -4.39. The summed E-state index contributed by atoms with van der Waals surface area (Å²) in [7, 11) is 0. The number of ketones is 1. The third-order valence-corrected chi connectivity index (χ3v) is 9.07. The molecule has 5 rings (SSSR count). The minimum absolute atomic E-state index is 0.0884. The van der Waals surface area contributed by atoms with Crippen LogP contribution in [0.15, 0.2) is 47.4 Å². The number of nitrogens with one attached hydrogen (secondary N) is 4. The van der Waals surface area contributed by atoms with Crippen molar-refractivity contribution in [2.45, 2.75) is 64.1 Å². The molecular weight excluding hydrogens is 572 g/mol. The molecule has 2 saturated carbocycles. The fourth-order valence-corrected chi connectivity index (χ4v) is 6.78. The Labute approximate surface area is 251 Å². The van der Waals surface area contributed by atoms with Gasteiger partial charge in [0, 0.05) is 25.2 Å². The van der Waals surface area contributed by atoms with E-state index in [4.69, 9.17) is 0 Å². The molecule has 4 N–H and O–H groups in total. The highest BCUT2D eigenvalue weighted by Gasteiger charge is 2.40. The maximum absolute atomic E-state index is 13.4. The van der Waals surface area contributed by atoms with Gasteiger partial charge in [0.05, 0.1) is 10.2 Å². The summed E-state index contributed by atoms with van der Waals surface area (Å²) in [6, 6.07) is 9.00. The van der Waals surface area contributed by atoms with Crippen LogP contribution in [-0.2, 0) is 25.7 Å². The van der Waals surface area contributed by atoms with Gasteiger partial charge in [-0.3, -0.25) is 28.8 Å². The zero-order valence-electron chi connectivity index (χ0n) is 23.8. The molecule has 2 aromatic heterocycles. The molecule has 0 spiro atoms. The molecule has 2 aliphatic carbocycles. The van der Waals surface area contributed by atoms with Gasteiger partial charge < -0.3 is 25.8 Å². The number of anilines is 1. The van der Waals surface area contributed by atoms with Gasteiger partial charge in [-0.05, 0) is 68.7 Å². The van der Waals surface area contributed by atoms with E-state index >= 15 is 0 Å². The monoisotopic (exact) mass is 606 g/mol. The van der Waals surface area contributed by atoms with Crippen molar-refractivity contribution < 1.29 is 24.0 Å². The predicted octanol–water partition coefficient (Wildman–Crippen LogP) is 1.99. The van der Waals surface area contributed by atoms with Crippen molar-refractivity contribution in [2.24, 2.45) is 11.8 Å². The lowest BCUT2D eigenvalue weighted by atomic mass is 9.95. The number of pyridine rings is 1.